The maximum absolute atomic E-state index is 13.3. The number of aromatic amines is 1. The normalized spacial score (nSPS) is 13.8. The summed E-state index contributed by atoms with van der Waals surface area (Å²) in [7, 11) is 0. The molecule has 0 aliphatic carbocycles. The number of aromatic nitrogens is 5. The number of nitrogens with one attached hydrogen (secondary N) is 1. The summed E-state index contributed by atoms with van der Waals surface area (Å²) in [6.45, 7) is 4.67. The molecule has 0 saturated heterocycles. The Morgan fingerprint density at radius 3 is 2.72 bits per heavy atom. The molecule has 32 heavy (non-hydrogen) atoms. The third kappa shape index (κ3) is 3.68. The zero-order valence-corrected chi connectivity index (χ0v) is 19.0. The third-order valence-corrected chi connectivity index (χ3v) is 6.93. The van der Waals surface area contributed by atoms with E-state index in [1.54, 1.807) is 0 Å². The van der Waals surface area contributed by atoms with Crippen LogP contribution < -0.4 is 5.56 Å². The molecule has 3 aliphatic rings. The first-order chi connectivity index (χ1) is 15.5. The number of carbonyl (C=O) groups is 1. The average Bonchev–Trinajstić information content (AvgIpc) is 3.19. The highest BCUT2D eigenvalue weighted by Crippen LogP contribution is 2.31. The van der Waals surface area contributed by atoms with Gasteiger partial charge in [0.25, 0.3) is 5.56 Å². The predicted molar refractivity (Wildman–Crippen MR) is 125 cm³/mol. The van der Waals surface area contributed by atoms with Crippen LogP contribution in [-0.4, -0.2) is 35.9 Å². The average molecular weight is 448 g/mol. The number of rotatable bonds is 5. The van der Waals surface area contributed by atoms with Gasteiger partial charge in [-0.25, -0.2) is 4.98 Å². The second-order valence-corrected chi connectivity index (χ2v) is 9.20. The third-order valence-electron chi connectivity index (χ3n) is 5.95. The first-order valence-corrected chi connectivity index (χ1v) is 11.9. The van der Waals surface area contributed by atoms with Crippen molar-refractivity contribution in [2.45, 2.75) is 51.2 Å². The Kier molecular flexibility index (Phi) is 5.46. The number of H-pyrrole nitrogens is 1. The zero-order chi connectivity index (χ0) is 22.2. The first-order valence-electron chi connectivity index (χ1n) is 10.9. The lowest BCUT2D eigenvalue weighted by molar-refractivity contribution is 0.102. The van der Waals surface area contributed by atoms with Gasteiger partial charge in [0.15, 0.2) is 16.8 Å². The van der Waals surface area contributed by atoms with Crippen molar-refractivity contribution in [1.29, 1.82) is 0 Å². The standard InChI is InChI=1S/C24H25N5O2S/c1-15-13-18(16(2)25-15)20(30)14-32-24-26-22-21(19-11-7-4-8-12-28(19)24)23(31)29(27-22)17-9-5-3-6-10-17/h3,5-6,9-10,13,25H,4,7-8,11-12,14H2,1-2H3. The number of aryl methyl sites for hydroxylation is 2. The fraction of sp³-hybridized carbons (Fsp3) is 0.333. The van der Waals surface area contributed by atoms with Crippen molar-refractivity contribution in [2.75, 3.05) is 5.75 Å². The van der Waals surface area contributed by atoms with E-state index in [0.29, 0.717) is 17.1 Å². The number of para-hydroxylation sites is 1. The van der Waals surface area contributed by atoms with E-state index < -0.39 is 0 Å². The highest BCUT2D eigenvalue weighted by atomic mass is 32.2. The van der Waals surface area contributed by atoms with Gasteiger partial charge in [-0.15, -0.1) is 5.10 Å². The molecule has 0 amide bonds. The number of hydrogen-bond donors (Lipinski definition) is 1. The monoisotopic (exact) mass is 447 g/mol. The molecule has 7 nitrogen and oxygen atoms in total. The van der Waals surface area contributed by atoms with Gasteiger partial charge in [0.05, 0.1) is 11.4 Å². The minimum Gasteiger partial charge on any atom is -0.362 e. The summed E-state index contributed by atoms with van der Waals surface area (Å²) in [5.41, 5.74) is 4.78. The van der Waals surface area contributed by atoms with Gasteiger partial charge < -0.3 is 9.55 Å². The van der Waals surface area contributed by atoms with E-state index in [2.05, 4.69) is 14.6 Å². The molecular formula is C24H25N5O2S. The predicted octanol–water partition coefficient (Wildman–Crippen LogP) is 4.18. The molecule has 8 heteroatoms. The molecule has 0 fully saturated rings. The van der Waals surface area contributed by atoms with Gasteiger partial charge in [-0.2, -0.15) is 4.68 Å². The summed E-state index contributed by atoms with van der Waals surface area (Å²) in [6.07, 6.45) is 3.98. The number of hydrogen-bond acceptors (Lipinski definition) is 5. The molecule has 1 N–H and O–H groups in total. The summed E-state index contributed by atoms with van der Waals surface area (Å²) < 4.78 is 3.58. The number of ketones is 1. The Labute approximate surface area is 190 Å². The van der Waals surface area contributed by atoms with Crippen LogP contribution in [0.15, 0.2) is 46.3 Å². The molecule has 0 atom stereocenters. The lowest BCUT2D eigenvalue weighted by Gasteiger charge is -2.17. The molecule has 2 aromatic rings. The topological polar surface area (TPSA) is 85.6 Å². The first kappa shape index (κ1) is 20.8. The van der Waals surface area contributed by atoms with Crippen LogP contribution in [0.2, 0.25) is 0 Å². The number of thioether (sulfide) groups is 1. The van der Waals surface area contributed by atoms with Gasteiger partial charge in [0.2, 0.25) is 0 Å². The summed E-state index contributed by atoms with van der Waals surface area (Å²) >= 11 is 1.43. The van der Waals surface area contributed by atoms with Crippen LogP contribution in [-0.2, 0) is 13.0 Å². The van der Waals surface area contributed by atoms with Gasteiger partial charge >= 0.3 is 0 Å². The van der Waals surface area contributed by atoms with Crippen LogP contribution in [0, 0.1) is 13.8 Å². The van der Waals surface area contributed by atoms with Crippen molar-refractivity contribution in [3.63, 3.8) is 0 Å². The number of nitrogens with zero attached hydrogens (tertiary/aromatic N) is 4. The maximum Gasteiger partial charge on any atom is 0.284 e. The van der Waals surface area contributed by atoms with Crippen LogP contribution in [0.1, 0.15) is 46.7 Å². The van der Waals surface area contributed by atoms with E-state index in [-0.39, 0.29) is 11.3 Å². The Morgan fingerprint density at radius 1 is 1.16 bits per heavy atom. The van der Waals surface area contributed by atoms with Gasteiger partial charge in [-0.3, -0.25) is 9.59 Å². The van der Waals surface area contributed by atoms with E-state index >= 15 is 0 Å². The number of carbonyl (C=O) groups excluding carboxylic acids is 1. The second kappa shape index (κ2) is 8.43. The van der Waals surface area contributed by atoms with Gasteiger partial charge in [0, 0.05) is 29.2 Å². The fourth-order valence-corrected chi connectivity index (χ4v) is 5.35. The van der Waals surface area contributed by atoms with Crippen LogP contribution in [0.4, 0.5) is 0 Å². The molecule has 1 aromatic carbocycles. The minimum atomic E-state index is -0.129. The number of fused-ring (bicyclic) bond motifs is 3. The van der Waals surface area contributed by atoms with Crippen molar-refractivity contribution < 1.29 is 4.79 Å². The highest BCUT2D eigenvalue weighted by molar-refractivity contribution is 7.99. The van der Waals surface area contributed by atoms with Crippen molar-refractivity contribution in [1.82, 2.24) is 24.3 Å². The summed E-state index contributed by atoms with van der Waals surface area (Å²) in [4.78, 5) is 34.1. The number of Topliss-reactive ketones (excluding diaryl/α,β-unsaturated/α-hetero) is 1. The minimum absolute atomic E-state index is 0.0704. The molecular weight excluding hydrogens is 422 g/mol. The van der Waals surface area contributed by atoms with E-state index in [4.69, 9.17) is 4.98 Å². The zero-order valence-electron chi connectivity index (χ0n) is 18.2. The molecule has 3 aliphatic heterocycles. The molecule has 164 valence electrons. The van der Waals surface area contributed by atoms with E-state index in [9.17, 15) is 9.59 Å². The van der Waals surface area contributed by atoms with Crippen LogP contribution in [0.3, 0.4) is 0 Å². The molecule has 0 spiro atoms. The van der Waals surface area contributed by atoms with Crippen molar-refractivity contribution in [2.24, 2.45) is 0 Å². The SMILES string of the molecule is Cc1cc(C(=O)CSc2nc3nn(-c4ccccc4)c(=O)c-3c3n2CCCCC3)c(C)[nH]1. The lowest BCUT2D eigenvalue weighted by Crippen LogP contribution is -2.19. The Balaban J connectivity index is 1.56. The Morgan fingerprint density at radius 2 is 1.97 bits per heavy atom. The molecule has 4 heterocycles. The quantitative estimate of drug-likeness (QED) is 0.282. The second-order valence-electron chi connectivity index (χ2n) is 8.26. The summed E-state index contributed by atoms with van der Waals surface area (Å²) in [5.74, 6) is 0.816. The summed E-state index contributed by atoms with van der Waals surface area (Å²) in [5, 5.41) is 5.32. The van der Waals surface area contributed by atoms with Crippen LogP contribution >= 0.6 is 11.8 Å². The lowest BCUT2D eigenvalue weighted by atomic mass is 10.1. The molecule has 0 saturated carbocycles. The van der Waals surface area contributed by atoms with Crippen molar-refractivity contribution in [3.05, 3.63) is 69.4 Å². The maximum atomic E-state index is 13.3. The van der Waals surface area contributed by atoms with Crippen LogP contribution in [0.25, 0.3) is 17.1 Å². The Bertz CT molecular complexity index is 1320. The summed E-state index contributed by atoms with van der Waals surface area (Å²) in [6, 6.07) is 11.3. The van der Waals surface area contributed by atoms with E-state index in [0.717, 1.165) is 65.7 Å². The molecule has 5 rings (SSSR count). The Hall–Kier alpha value is -3.13. The van der Waals surface area contributed by atoms with Crippen molar-refractivity contribution >= 4 is 17.5 Å². The van der Waals surface area contributed by atoms with Crippen LogP contribution in [0.5, 0.6) is 0 Å². The van der Waals surface area contributed by atoms with E-state index in [1.807, 2.05) is 50.2 Å². The molecule has 0 bridgehead atoms. The van der Waals surface area contributed by atoms with Crippen molar-refractivity contribution in [3.8, 4) is 17.1 Å². The van der Waals surface area contributed by atoms with Gasteiger partial charge in [-0.05, 0) is 51.3 Å². The van der Waals surface area contributed by atoms with Gasteiger partial charge in [-0.1, -0.05) is 36.4 Å². The van der Waals surface area contributed by atoms with E-state index in [1.165, 1.54) is 16.4 Å². The molecule has 0 unspecified atom stereocenters. The van der Waals surface area contributed by atoms with Gasteiger partial charge in [0.1, 0.15) is 5.56 Å². The smallest absolute Gasteiger partial charge is 0.284 e. The highest BCUT2D eigenvalue weighted by Gasteiger charge is 2.27. The largest absolute Gasteiger partial charge is 0.362 e. The fourth-order valence-electron chi connectivity index (χ4n) is 4.43. The number of benzene rings is 1. The molecule has 1 aromatic heterocycles. The molecule has 0 radical (unpaired) electrons.